The van der Waals surface area contributed by atoms with Crippen molar-refractivity contribution in [3.8, 4) is 0 Å². The third-order valence-corrected chi connectivity index (χ3v) is 3.39. The molecule has 2 rings (SSSR count). The molecule has 1 saturated heterocycles. The van der Waals surface area contributed by atoms with Crippen LogP contribution in [0.3, 0.4) is 0 Å². The van der Waals surface area contributed by atoms with Crippen LogP contribution in [0, 0.1) is 0 Å². The summed E-state index contributed by atoms with van der Waals surface area (Å²) in [6, 6.07) is 10.1. The van der Waals surface area contributed by atoms with E-state index in [1.165, 1.54) is 5.56 Å². The molecule has 1 aliphatic heterocycles. The molecular weight excluding hydrogens is 244 g/mol. The lowest BCUT2D eigenvalue weighted by Gasteiger charge is -2.14. The molecule has 19 heavy (non-hydrogen) atoms. The van der Waals surface area contributed by atoms with Crippen LogP contribution in [0.25, 0.3) is 0 Å². The summed E-state index contributed by atoms with van der Waals surface area (Å²) in [4.78, 5) is 0. The summed E-state index contributed by atoms with van der Waals surface area (Å²) in [7, 11) is 0. The lowest BCUT2D eigenvalue weighted by Crippen LogP contribution is -2.21. The highest BCUT2D eigenvalue weighted by molar-refractivity contribution is 5.13. The van der Waals surface area contributed by atoms with Crippen LogP contribution in [-0.4, -0.2) is 41.7 Å². The van der Waals surface area contributed by atoms with Crippen LogP contribution in [0.15, 0.2) is 30.3 Å². The summed E-state index contributed by atoms with van der Waals surface area (Å²) >= 11 is 0. The summed E-state index contributed by atoms with van der Waals surface area (Å²) in [6.45, 7) is 1.26. The van der Waals surface area contributed by atoms with Gasteiger partial charge >= 0.3 is 0 Å². The molecule has 1 aliphatic rings. The Morgan fingerprint density at radius 3 is 2.74 bits per heavy atom. The van der Waals surface area contributed by atoms with Gasteiger partial charge in [-0.2, -0.15) is 0 Å². The van der Waals surface area contributed by atoms with Crippen LogP contribution in [0.5, 0.6) is 0 Å². The second-order valence-electron chi connectivity index (χ2n) is 4.96. The molecule has 3 atom stereocenters. The minimum Gasteiger partial charge on any atom is -0.394 e. The molecule has 0 radical (unpaired) electrons. The molecule has 106 valence electrons. The molecule has 1 aromatic carbocycles. The third kappa shape index (κ3) is 4.58. The van der Waals surface area contributed by atoms with E-state index in [0.717, 1.165) is 12.8 Å². The van der Waals surface area contributed by atoms with E-state index in [1.807, 2.05) is 30.3 Å². The first kappa shape index (κ1) is 14.5. The molecule has 0 spiro atoms. The fourth-order valence-electron chi connectivity index (χ4n) is 2.34. The van der Waals surface area contributed by atoms with Crippen molar-refractivity contribution in [3.63, 3.8) is 0 Å². The molecule has 1 heterocycles. The van der Waals surface area contributed by atoms with Gasteiger partial charge < -0.3 is 19.7 Å². The largest absolute Gasteiger partial charge is 0.394 e. The van der Waals surface area contributed by atoms with Crippen molar-refractivity contribution in [1.29, 1.82) is 0 Å². The van der Waals surface area contributed by atoms with E-state index < -0.39 is 6.10 Å². The Hall–Kier alpha value is -0.940. The average Bonchev–Trinajstić information content (AvgIpc) is 2.80. The fourth-order valence-corrected chi connectivity index (χ4v) is 2.34. The molecule has 0 unspecified atom stereocenters. The first-order valence-electron chi connectivity index (χ1n) is 6.85. The van der Waals surface area contributed by atoms with E-state index in [-0.39, 0.29) is 18.8 Å². The van der Waals surface area contributed by atoms with Gasteiger partial charge in [0.15, 0.2) is 0 Å². The minimum absolute atomic E-state index is 0.0158. The number of aliphatic hydroxyl groups is 2. The maximum atomic E-state index is 9.75. The zero-order valence-electron chi connectivity index (χ0n) is 11.1. The van der Waals surface area contributed by atoms with Gasteiger partial charge in [0.25, 0.3) is 0 Å². The molecule has 1 aromatic rings. The van der Waals surface area contributed by atoms with Gasteiger partial charge in [-0.3, -0.25) is 0 Å². The van der Waals surface area contributed by atoms with Gasteiger partial charge in [-0.1, -0.05) is 30.3 Å². The van der Waals surface area contributed by atoms with Crippen LogP contribution in [0.1, 0.15) is 24.8 Å². The number of aliphatic hydroxyl groups excluding tert-OH is 2. The number of rotatable bonds is 7. The van der Waals surface area contributed by atoms with E-state index in [1.54, 1.807) is 0 Å². The van der Waals surface area contributed by atoms with Crippen LogP contribution < -0.4 is 0 Å². The fraction of sp³-hybridized carbons (Fsp3) is 0.600. The molecule has 4 nitrogen and oxygen atoms in total. The molecule has 0 aromatic heterocycles. The van der Waals surface area contributed by atoms with Crippen molar-refractivity contribution < 1.29 is 19.7 Å². The maximum absolute atomic E-state index is 9.75. The highest BCUT2D eigenvalue weighted by Crippen LogP contribution is 2.23. The Labute approximate surface area is 114 Å². The second-order valence-corrected chi connectivity index (χ2v) is 4.96. The van der Waals surface area contributed by atoms with Gasteiger partial charge in [0.05, 0.1) is 31.5 Å². The lowest BCUT2D eigenvalue weighted by atomic mass is 10.1. The standard InChI is InChI=1S/C15H22O4/c16-10-13-9-14(17)15(19-13)7-4-8-18-11-12-5-2-1-3-6-12/h1-3,5-6,13-17H,4,7-11H2/t13-,14-,15-/m0/s1. The van der Waals surface area contributed by atoms with Gasteiger partial charge in [-0.25, -0.2) is 0 Å². The molecule has 0 bridgehead atoms. The van der Waals surface area contributed by atoms with Crippen LogP contribution in [-0.2, 0) is 16.1 Å². The first-order valence-corrected chi connectivity index (χ1v) is 6.85. The number of benzene rings is 1. The summed E-state index contributed by atoms with van der Waals surface area (Å²) < 4.78 is 11.1. The quantitative estimate of drug-likeness (QED) is 0.734. The maximum Gasteiger partial charge on any atom is 0.0840 e. The Bertz CT molecular complexity index is 354. The summed E-state index contributed by atoms with van der Waals surface area (Å²) in [5.41, 5.74) is 1.17. The van der Waals surface area contributed by atoms with Gasteiger partial charge in [0.2, 0.25) is 0 Å². The molecular formula is C15H22O4. The van der Waals surface area contributed by atoms with E-state index in [2.05, 4.69) is 0 Å². The highest BCUT2D eigenvalue weighted by Gasteiger charge is 2.32. The predicted molar refractivity (Wildman–Crippen MR) is 71.7 cm³/mol. The zero-order valence-corrected chi connectivity index (χ0v) is 11.1. The van der Waals surface area contributed by atoms with Gasteiger partial charge in [0, 0.05) is 13.0 Å². The molecule has 0 saturated carbocycles. The molecule has 2 N–H and O–H groups in total. The third-order valence-electron chi connectivity index (χ3n) is 3.39. The predicted octanol–water partition coefficient (Wildman–Crippen LogP) is 1.49. The number of hydrogen-bond donors (Lipinski definition) is 2. The van der Waals surface area contributed by atoms with E-state index >= 15 is 0 Å². The summed E-state index contributed by atoms with van der Waals surface area (Å²) in [5.74, 6) is 0. The summed E-state index contributed by atoms with van der Waals surface area (Å²) in [6.07, 6.45) is 1.35. The van der Waals surface area contributed by atoms with Crippen molar-refractivity contribution in [2.24, 2.45) is 0 Å². The monoisotopic (exact) mass is 266 g/mol. The van der Waals surface area contributed by atoms with Crippen molar-refractivity contribution in [2.45, 2.75) is 44.2 Å². The molecule has 0 amide bonds. The van der Waals surface area contributed by atoms with Gasteiger partial charge in [0.1, 0.15) is 0 Å². The van der Waals surface area contributed by atoms with Crippen molar-refractivity contribution >= 4 is 0 Å². The number of hydrogen-bond acceptors (Lipinski definition) is 4. The van der Waals surface area contributed by atoms with E-state index in [0.29, 0.717) is 19.6 Å². The van der Waals surface area contributed by atoms with Gasteiger partial charge in [-0.15, -0.1) is 0 Å². The van der Waals surface area contributed by atoms with E-state index in [4.69, 9.17) is 14.6 Å². The number of ether oxygens (including phenoxy) is 2. The van der Waals surface area contributed by atoms with E-state index in [9.17, 15) is 5.11 Å². The van der Waals surface area contributed by atoms with Crippen molar-refractivity contribution in [1.82, 2.24) is 0 Å². The second kappa shape index (κ2) is 7.60. The Balaban J connectivity index is 1.57. The Morgan fingerprint density at radius 2 is 2.05 bits per heavy atom. The highest BCUT2D eigenvalue weighted by atomic mass is 16.5. The summed E-state index contributed by atoms with van der Waals surface area (Å²) in [5, 5.41) is 18.7. The van der Waals surface area contributed by atoms with Gasteiger partial charge in [-0.05, 0) is 18.4 Å². The van der Waals surface area contributed by atoms with Crippen molar-refractivity contribution in [3.05, 3.63) is 35.9 Å². The Morgan fingerprint density at radius 1 is 1.26 bits per heavy atom. The molecule has 0 aliphatic carbocycles. The average molecular weight is 266 g/mol. The molecule has 4 heteroatoms. The molecule has 1 fully saturated rings. The normalized spacial score (nSPS) is 26.7. The smallest absolute Gasteiger partial charge is 0.0840 e. The first-order chi connectivity index (χ1) is 9.29. The minimum atomic E-state index is -0.453. The lowest BCUT2D eigenvalue weighted by molar-refractivity contribution is -0.0181. The van der Waals surface area contributed by atoms with Crippen LogP contribution >= 0.6 is 0 Å². The SMILES string of the molecule is OC[C@@H]1C[C@H](O)[C@H](CCCOCc2ccccc2)O1. The van der Waals surface area contributed by atoms with Crippen LogP contribution in [0.2, 0.25) is 0 Å². The van der Waals surface area contributed by atoms with Crippen LogP contribution in [0.4, 0.5) is 0 Å². The Kier molecular flexibility index (Phi) is 5.79. The zero-order chi connectivity index (χ0) is 13.5. The topological polar surface area (TPSA) is 58.9 Å². The van der Waals surface area contributed by atoms with Crippen molar-refractivity contribution in [2.75, 3.05) is 13.2 Å².